The number of anilines is 1. The Labute approximate surface area is 182 Å². The molecule has 3 rings (SSSR count). The van der Waals surface area contributed by atoms with Crippen molar-refractivity contribution in [3.63, 3.8) is 0 Å². The van der Waals surface area contributed by atoms with Gasteiger partial charge in [-0.15, -0.1) is 11.3 Å². The number of thioether (sulfide) groups is 1. The second kappa shape index (κ2) is 9.86. The van der Waals surface area contributed by atoms with Gasteiger partial charge in [-0.25, -0.2) is 15.0 Å². The molecule has 0 atom stereocenters. The third kappa shape index (κ3) is 5.67. The van der Waals surface area contributed by atoms with Crippen LogP contribution in [0.4, 0.5) is 5.13 Å². The molecule has 3 heterocycles. The number of carbonyl (C=O) groups excluding carboxylic acids is 2. The first kappa shape index (κ1) is 22.0. The molecular formula is C20H23N5O3S2. The number of aromatic nitrogens is 3. The number of thiazole rings is 1. The van der Waals surface area contributed by atoms with E-state index < -0.39 is 0 Å². The Balaban J connectivity index is 1.57. The first-order valence-corrected chi connectivity index (χ1v) is 11.4. The van der Waals surface area contributed by atoms with Gasteiger partial charge in [0.15, 0.2) is 16.0 Å². The van der Waals surface area contributed by atoms with Crippen LogP contribution in [0.15, 0.2) is 27.1 Å². The molecule has 30 heavy (non-hydrogen) atoms. The van der Waals surface area contributed by atoms with Crippen molar-refractivity contribution in [2.45, 2.75) is 45.3 Å². The van der Waals surface area contributed by atoms with Crippen molar-refractivity contribution in [2.24, 2.45) is 0 Å². The fraction of sp³-hybridized carbons (Fsp3) is 0.350. The second-order valence-electron chi connectivity index (χ2n) is 6.62. The van der Waals surface area contributed by atoms with E-state index in [4.69, 9.17) is 4.42 Å². The van der Waals surface area contributed by atoms with Crippen LogP contribution in [0.1, 0.15) is 36.1 Å². The Morgan fingerprint density at radius 1 is 1.17 bits per heavy atom. The highest BCUT2D eigenvalue weighted by Gasteiger charge is 2.14. The van der Waals surface area contributed by atoms with Crippen molar-refractivity contribution >= 4 is 40.0 Å². The van der Waals surface area contributed by atoms with Gasteiger partial charge in [-0.1, -0.05) is 11.8 Å². The third-order valence-electron chi connectivity index (χ3n) is 4.36. The fourth-order valence-electron chi connectivity index (χ4n) is 2.85. The van der Waals surface area contributed by atoms with E-state index in [1.807, 2.05) is 25.5 Å². The first-order chi connectivity index (χ1) is 14.4. The lowest BCUT2D eigenvalue weighted by Crippen LogP contribution is -2.18. The van der Waals surface area contributed by atoms with E-state index in [-0.39, 0.29) is 11.8 Å². The summed E-state index contributed by atoms with van der Waals surface area (Å²) in [6.07, 6.45) is 2.83. The van der Waals surface area contributed by atoms with E-state index in [1.54, 1.807) is 12.1 Å². The zero-order valence-corrected chi connectivity index (χ0v) is 18.9. The lowest BCUT2D eigenvalue weighted by atomic mass is 10.1. The standard InChI is InChI=1S/C20H23N5O3S2/c1-11-15(12(2)23-19(22-11)29-4)6-8-18(27)25-20-24-16(10-30-20)17-7-5-14(28-17)9-21-13(3)26/h5,7,10H,6,8-9H2,1-4H3,(H,21,26)(H,24,25,27). The van der Waals surface area contributed by atoms with Gasteiger partial charge in [-0.3, -0.25) is 9.59 Å². The quantitative estimate of drug-likeness (QED) is 0.401. The molecule has 2 N–H and O–H groups in total. The number of rotatable bonds is 8. The zero-order chi connectivity index (χ0) is 21.7. The minimum Gasteiger partial charge on any atom is -0.458 e. The van der Waals surface area contributed by atoms with Gasteiger partial charge in [-0.05, 0) is 44.2 Å². The van der Waals surface area contributed by atoms with Crippen LogP contribution < -0.4 is 10.6 Å². The molecule has 0 aliphatic carbocycles. The molecule has 0 aromatic carbocycles. The number of hydrogen-bond acceptors (Lipinski definition) is 8. The van der Waals surface area contributed by atoms with E-state index in [0.717, 1.165) is 22.1 Å². The molecule has 2 amide bonds. The highest BCUT2D eigenvalue weighted by Crippen LogP contribution is 2.27. The number of amides is 2. The number of aryl methyl sites for hydroxylation is 2. The van der Waals surface area contributed by atoms with Crippen molar-refractivity contribution in [3.8, 4) is 11.5 Å². The van der Waals surface area contributed by atoms with Crippen LogP contribution in [0, 0.1) is 13.8 Å². The average molecular weight is 446 g/mol. The number of nitrogens with zero attached hydrogens (tertiary/aromatic N) is 3. The molecule has 0 spiro atoms. The Morgan fingerprint density at radius 3 is 2.57 bits per heavy atom. The zero-order valence-electron chi connectivity index (χ0n) is 17.2. The molecule has 3 aromatic heterocycles. The molecule has 3 aromatic rings. The summed E-state index contributed by atoms with van der Waals surface area (Å²) in [5.74, 6) is 0.988. The first-order valence-electron chi connectivity index (χ1n) is 9.32. The molecule has 10 heteroatoms. The summed E-state index contributed by atoms with van der Waals surface area (Å²) in [7, 11) is 0. The smallest absolute Gasteiger partial charge is 0.226 e. The average Bonchev–Trinajstić information content (AvgIpc) is 3.34. The van der Waals surface area contributed by atoms with Crippen molar-refractivity contribution in [2.75, 3.05) is 11.6 Å². The lowest BCUT2D eigenvalue weighted by molar-refractivity contribution is -0.119. The predicted molar refractivity (Wildman–Crippen MR) is 118 cm³/mol. The molecular weight excluding hydrogens is 422 g/mol. The van der Waals surface area contributed by atoms with Crippen molar-refractivity contribution in [1.29, 1.82) is 0 Å². The predicted octanol–water partition coefficient (Wildman–Crippen LogP) is 3.74. The van der Waals surface area contributed by atoms with Gasteiger partial charge >= 0.3 is 0 Å². The molecule has 0 saturated carbocycles. The maximum Gasteiger partial charge on any atom is 0.226 e. The van der Waals surface area contributed by atoms with Crippen LogP contribution in [-0.4, -0.2) is 33.0 Å². The normalized spacial score (nSPS) is 10.8. The summed E-state index contributed by atoms with van der Waals surface area (Å²) in [4.78, 5) is 36.7. The van der Waals surface area contributed by atoms with E-state index in [9.17, 15) is 9.59 Å². The number of carbonyl (C=O) groups is 2. The van der Waals surface area contributed by atoms with E-state index in [1.165, 1.54) is 30.0 Å². The molecule has 0 fully saturated rings. The Hall–Kier alpha value is -2.72. The fourth-order valence-corrected chi connectivity index (χ4v) is 4.02. The van der Waals surface area contributed by atoms with Gasteiger partial charge in [0, 0.05) is 30.1 Å². The Morgan fingerprint density at radius 2 is 1.90 bits per heavy atom. The molecule has 0 bridgehead atoms. The monoisotopic (exact) mass is 445 g/mol. The van der Waals surface area contributed by atoms with Crippen LogP contribution in [0.2, 0.25) is 0 Å². The largest absolute Gasteiger partial charge is 0.458 e. The summed E-state index contributed by atoms with van der Waals surface area (Å²) < 4.78 is 5.69. The van der Waals surface area contributed by atoms with E-state index >= 15 is 0 Å². The summed E-state index contributed by atoms with van der Waals surface area (Å²) >= 11 is 2.84. The molecule has 0 radical (unpaired) electrons. The second-order valence-corrected chi connectivity index (χ2v) is 8.25. The van der Waals surface area contributed by atoms with Gasteiger partial charge in [0.05, 0.1) is 6.54 Å². The summed E-state index contributed by atoms with van der Waals surface area (Å²) in [6.45, 7) is 5.66. The van der Waals surface area contributed by atoms with Gasteiger partial charge in [0.1, 0.15) is 11.5 Å². The van der Waals surface area contributed by atoms with Crippen LogP contribution in [-0.2, 0) is 22.6 Å². The minimum atomic E-state index is -0.122. The topological polar surface area (TPSA) is 110 Å². The van der Waals surface area contributed by atoms with Gasteiger partial charge in [0.25, 0.3) is 0 Å². The number of furan rings is 1. The summed E-state index contributed by atoms with van der Waals surface area (Å²) in [5, 5.41) is 8.59. The maximum atomic E-state index is 12.4. The highest BCUT2D eigenvalue weighted by molar-refractivity contribution is 7.98. The third-order valence-corrected chi connectivity index (χ3v) is 5.67. The molecule has 8 nitrogen and oxygen atoms in total. The number of hydrogen-bond donors (Lipinski definition) is 2. The molecule has 0 aliphatic rings. The summed E-state index contributed by atoms with van der Waals surface area (Å²) in [5.41, 5.74) is 3.45. The molecule has 158 valence electrons. The van der Waals surface area contributed by atoms with Crippen LogP contribution in [0.5, 0.6) is 0 Å². The number of nitrogens with one attached hydrogen (secondary N) is 2. The van der Waals surface area contributed by atoms with Gasteiger partial charge in [0.2, 0.25) is 11.8 Å². The molecule has 0 unspecified atom stereocenters. The van der Waals surface area contributed by atoms with Gasteiger partial charge in [-0.2, -0.15) is 0 Å². The minimum absolute atomic E-state index is 0.116. The van der Waals surface area contributed by atoms with E-state index in [2.05, 4.69) is 25.6 Å². The van der Waals surface area contributed by atoms with Crippen LogP contribution in [0.3, 0.4) is 0 Å². The Kier molecular flexibility index (Phi) is 7.22. The Bertz CT molecular complexity index is 1040. The lowest BCUT2D eigenvalue weighted by Gasteiger charge is -2.09. The van der Waals surface area contributed by atoms with E-state index in [0.29, 0.717) is 41.7 Å². The van der Waals surface area contributed by atoms with Crippen LogP contribution in [0.25, 0.3) is 11.5 Å². The summed E-state index contributed by atoms with van der Waals surface area (Å²) in [6, 6.07) is 3.58. The van der Waals surface area contributed by atoms with Crippen molar-refractivity contribution in [3.05, 3.63) is 40.2 Å². The van der Waals surface area contributed by atoms with Gasteiger partial charge < -0.3 is 15.1 Å². The van der Waals surface area contributed by atoms with Crippen molar-refractivity contribution in [1.82, 2.24) is 20.3 Å². The van der Waals surface area contributed by atoms with Crippen LogP contribution >= 0.6 is 23.1 Å². The highest BCUT2D eigenvalue weighted by atomic mass is 32.2. The SMILES string of the molecule is CSc1nc(C)c(CCC(=O)Nc2nc(-c3ccc(CNC(C)=O)o3)cs2)c(C)n1. The van der Waals surface area contributed by atoms with Crippen molar-refractivity contribution < 1.29 is 14.0 Å². The molecule has 0 aliphatic heterocycles. The molecule has 0 saturated heterocycles. The maximum absolute atomic E-state index is 12.4.